The van der Waals surface area contributed by atoms with Gasteiger partial charge in [0.25, 0.3) is 17.7 Å². The van der Waals surface area contributed by atoms with Crippen LogP contribution in [-0.4, -0.2) is 35.7 Å². The highest BCUT2D eigenvalue weighted by atomic mass is 19.1. The Balaban J connectivity index is 1.37. The van der Waals surface area contributed by atoms with Gasteiger partial charge in [-0.05, 0) is 60.3 Å². The van der Waals surface area contributed by atoms with Gasteiger partial charge in [0, 0.05) is 40.9 Å². The summed E-state index contributed by atoms with van der Waals surface area (Å²) in [4.78, 5) is 42.3. The Morgan fingerprint density at radius 2 is 1.38 bits per heavy atom. The molecule has 0 aromatic heterocycles. The molecule has 3 amide bonds. The SMILES string of the molecule is O=C1c2cccc3cccc(c23)C(=O)N1CCCN(C(=O)c1ccc(F)cc1)c1ccccc1. The molecule has 5 rings (SSSR count). The fraction of sp³-hybridized carbons (Fsp3) is 0.107. The van der Waals surface area contributed by atoms with Gasteiger partial charge in [-0.2, -0.15) is 0 Å². The van der Waals surface area contributed by atoms with Crippen molar-refractivity contribution in [3.8, 4) is 0 Å². The third-order valence-corrected chi connectivity index (χ3v) is 6.02. The number of anilines is 1. The molecule has 0 unspecified atom stereocenters. The van der Waals surface area contributed by atoms with Crippen LogP contribution in [0.3, 0.4) is 0 Å². The highest BCUT2D eigenvalue weighted by Crippen LogP contribution is 2.30. The van der Waals surface area contributed by atoms with Gasteiger partial charge in [0.05, 0.1) is 0 Å². The molecule has 6 heteroatoms. The fourth-order valence-corrected chi connectivity index (χ4v) is 4.37. The van der Waals surface area contributed by atoms with E-state index in [2.05, 4.69) is 0 Å². The first-order valence-electron chi connectivity index (χ1n) is 11.0. The second kappa shape index (κ2) is 8.90. The second-order valence-corrected chi connectivity index (χ2v) is 8.12. The molecule has 0 saturated heterocycles. The van der Waals surface area contributed by atoms with E-state index in [4.69, 9.17) is 0 Å². The van der Waals surface area contributed by atoms with Crippen LogP contribution < -0.4 is 4.90 Å². The number of benzene rings is 4. The first kappa shape index (κ1) is 21.5. The van der Waals surface area contributed by atoms with Gasteiger partial charge in [-0.3, -0.25) is 19.3 Å². The molecule has 4 aromatic rings. The molecule has 34 heavy (non-hydrogen) atoms. The molecule has 0 fully saturated rings. The summed E-state index contributed by atoms with van der Waals surface area (Å²) in [6.07, 6.45) is 0.386. The van der Waals surface area contributed by atoms with Gasteiger partial charge >= 0.3 is 0 Å². The van der Waals surface area contributed by atoms with Crippen LogP contribution in [0.2, 0.25) is 0 Å². The summed E-state index contributed by atoms with van der Waals surface area (Å²) in [6.45, 7) is 0.450. The van der Waals surface area contributed by atoms with E-state index in [0.29, 0.717) is 34.2 Å². The third kappa shape index (κ3) is 3.83. The van der Waals surface area contributed by atoms with E-state index < -0.39 is 5.82 Å². The van der Waals surface area contributed by atoms with Crippen molar-refractivity contribution < 1.29 is 18.8 Å². The van der Waals surface area contributed by atoms with Crippen molar-refractivity contribution >= 4 is 34.2 Å². The molecule has 168 valence electrons. The standard InChI is InChI=1S/C28H21FN2O3/c29-21-15-13-20(14-16-21)26(32)30(22-9-2-1-3-10-22)17-6-18-31-27(33)23-11-4-7-19-8-5-12-24(25(19)23)28(31)34/h1-5,7-16H,6,17-18H2. The highest BCUT2D eigenvalue weighted by Gasteiger charge is 2.32. The number of halogens is 1. The summed E-state index contributed by atoms with van der Waals surface area (Å²) in [6, 6.07) is 25.4. The van der Waals surface area contributed by atoms with Gasteiger partial charge in [0.2, 0.25) is 0 Å². The number of imide groups is 1. The zero-order valence-electron chi connectivity index (χ0n) is 18.3. The second-order valence-electron chi connectivity index (χ2n) is 8.12. The van der Waals surface area contributed by atoms with Crippen molar-refractivity contribution in [2.75, 3.05) is 18.0 Å². The molecule has 0 aliphatic carbocycles. The molecule has 1 heterocycles. The lowest BCUT2D eigenvalue weighted by atomic mass is 9.94. The van der Waals surface area contributed by atoms with Crippen LogP contribution in [0.15, 0.2) is 91.0 Å². The number of nitrogens with zero attached hydrogens (tertiary/aromatic N) is 2. The minimum Gasteiger partial charge on any atom is -0.308 e. The molecule has 0 atom stereocenters. The van der Waals surface area contributed by atoms with Crippen molar-refractivity contribution in [2.24, 2.45) is 0 Å². The Bertz CT molecular complexity index is 1350. The van der Waals surface area contributed by atoms with Gasteiger partial charge in [-0.25, -0.2) is 4.39 Å². The number of amides is 3. The predicted molar refractivity (Wildman–Crippen MR) is 128 cm³/mol. The zero-order valence-corrected chi connectivity index (χ0v) is 18.3. The van der Waals surface area contributed by atoms with Crippen molar-refractivity contribution in [1.29, 1.82) is 0 Å². The summed E-state index contributed by atoms with van der Waals surface area (Å²) < 4.78 is 13.3. The van der Waals surface area contributed by atoms with Crippen molar-refractivity contribution in [3.05, 3.63) is 114 Å². The summed E-state index contributed by atoms with van der Waals surface area (Å²) in [5.41, 5.74) is 2.06. The Hall–Kier alpha value is -4.32. The number of para-hydroxylation sites is 1. The monoisotopic (exact) mass is 452 g/mol. The molecule has 0 radical (unpaired) electrons. The summed E-state index contributed by atoms with van der Waals surface area (Å²) in [5.74, 6) is -1.35. The van der Waals surface area contributed by atoms with Crippen molar-refractivity contribution in [2.45, 2.75) is 6.42 Å². The lowest BCUT2D eigenvalue weighted by molar-refractivity contribution is 0.0610. The first-order chi connectivity index (χ1) is 16.5. The Labute approximate surface area is 196 Å². The molecular weight excluding hydrogens is 431 g/mol. The minimum absolute atomic E-state index is 0.169. The average Bonchev–Trinajstić information content (AvgIpc) is 2.87. The van der Waals surface area contributed by atoms with Crippen molar-refractivity contribution in [3.63, 3.8) is 0 Å². The number of hydrogen-bond donors (Lipinski definition) is 0. The third-order valence-electron chi connectivity index (χ3n) is 6.02. The Morgan fingerprint density at radius 1 is 0.765 bits per heavy atom. The van der Waals surface area contributed by atoms with Crippen LogP contribution in [0.5, 0.6) is 0 Å². The molecule has 1 aliphatic rings. The zero-order chi connectivity index (χ0) is 23.7. The van der Waals surface area contributed by atoms with Gasteiger partial charge < -0.3 is 4.90 Å². The van der Waals surface area contributed by atoms with Crippen LogP contribution in [0.1, 0.15) is 37.5 Å². The molecule has 0 bridgehead atoms. The number of carbonyl (C=O) groups excluding carboxylic acids is 3. The van der Waals surface area contributed by atoms with E-state index in [0.717, 1.165) is 5.39 Å². The number of carbonyl (C=O) groups is 3. The normalized spacial score (nSPS) is 12.8. The first-order valence-corrected chi connectivity index (χ1v) is 11.0. The molecule has 1 aliphatic heterocycles. The Kier molecular flexibility index (Phi) is 5.64. The van der Waals surface area contributed by atoms with Crippen LogP contribution >= 0.6 is 0 Å². The van der Waals surface area contributed by atoms with Gasteiger partial charge in [0.1, 0.15) is 5.82 Å². The van der Waals surface area contributed by atoms with Crippen molar-refractivity contribution in [1.82, 2.24) is 4.90 Å². The summed E-state index contributed by atoms with van der Waals surface area (Å²) in [5, 5.41) is 1.55. The lowest BCUT2D eigenvalue weighted by Gasteiger charge is -2.28. The predicted octanol–water partition coefficient (Wildman–Crippen LogP) is 5.31. The van der Waals surface area contributed by atoms with E-state index in [1.54, 1.807) is 17.0 Å². The van der Waals surface area contributed by atoms with Crippen LogP contribution in [0.4, 0.5) is 10.1 Å². The van der Waals surface area contributed by atoms with Gasteiger partial charge in [-0.1, -0.05) is 42.5 Å². The maximum Gasteiger partial charge on any atom is 0.261 e. The summed E-state index contributed by atoms with van der Waals surface area (Å²) in [7, 11) is 0. The van der Waals surface area contributed by atoms with E-state index in [1.165, 1.54) is 29.2 Å². The highest BCUT2D eigenvalue weighted by molar-refractivity contribution is 6.25. The maximum atomic E-state index is 13.3. The van der Waals surface area contributed by atoms with Crippen LogP contribution in [0.25, 0.3) is 10.8 Å². The fourth-order valence-electron chi connectivity index (χ4n) is 4.37. The number of rotatable bonds is 6. The van der Waals surface area contributed by atoms with Gasteiger partial charge in [0.15, 0.2) is 0 Å². The maximum absolute atomic E-state index is 13.3. The quantitative estimate of drug-likeness (QED) is 0.373. The minimum atomic E-state index is -0.416. The van der Waals surface area contributed by atoms with E-state index >= 15 is 0 Å². The molecule has 0 spiro atoms. The average molecular weight is 452 g/mol. The van der Waals surface area contributed by atoms with Crippen LogP contribution in [0, 0.1) is 5.82 Å². The molecular formula is C28H21FN2O3. The topological polar surface area (TPSA) is 57.7 Å². The van der Waals surface area contributed by atoms with E-state index in [1.807, 2.05) is 54.6 Å². The number of hydrogen-bond acceptors (Lipinski definition) is 3. The van der Waals surface area contributed by atoms with E-state index in [9.17, 15) is 18.8 Å². The summed E-state index contributed by atoms with van der Waals surface area (Å²) >= 11 is 0. The molecule has 4 aromatic carbocycles. The smallest absolute Gasteiger partial charge is 0.261 e. The lowest BCUT2D eigenvalue weighted by Crippen LogP contribution is -2.42. The Morgan fingerprint density at radius 3 is 2.00 bits per heavy atom. The van der Waals surface area contributed by atoms with Crippen LogP contribution in [-0.2, 0) is 0 Å². The van der Waals surface area contributed by atoms with Gasteiger partial charge in [-0.15, -0.1) is 0 Å². The molecule has 0 saturated carbocycles. The van der Waals surface area contributed by atoms with E-state index in [-0.39, 0.29) is 30.8 Å². The molecule has 0 N–H and O–H groups in total. The largest absolute Gasteiger partial charge is 0.308 e. The molecule has 5 nitrogen and oxygen atoms in total.